The number of nitrogens with two attached hydrogens (primary N) is 1. The summed E-state index contributed by atoms with van der Waals surface area (Å²) in [7, 11) is 0. The van der Waals surface area contributed by atoms with Crippen molar-refractivity contribution in [1.82, 2.24) is 10.2 Å². The highest BCUT2D eigenvalue weighted by Crippen LogP contribution is 2.23. The highest BCUT2D eigenvalue weighted by molar-refractivity contribution is 5.96. The van der Waals surface area contributed by atoms with Gasteiger partial charge in [0.2, 0.25) is 0 Å². The molecule has 1 aromatic carbocycles. The Bertz CT molecular complexity index is 518. The molecule has 1 amide bonds. The number of benzene rings is 1. The molecule has 3 N–H and O–H groups in total. The lowest BCUT2D eigenvalue weighted by Crippen LogP contribution is -2.52. The molecule has 1 aromatic rings. The maximum absolute atomic E-state index is 12.3. The minimum atomic E-state index is -0.576. The molecule has 1 aliphatic rings. The molecule has 7 nitrogen and oxygen atoms in total. The Hall–Kier alpha value is -2.15. The summed E-state index contributed by atoms with van der Waals surface area (Å²) in [5.41, 5.74) is 5.66. The number of nitrogens with zero attached hydrogens (tertiary/aromatic N) is 2. The van der Waals surface area contributed by atoms with Crippen LogP contribution in [0.4, 0.5) is 11.4 Å². The average molecular weight is 264 g/mol. The highest BCUT2D eigenvalue weighted by atomic mass is 16.6. The zero-order chi connectivity index (χ0) is 14.0. The van der Waals surface area contributed by atoms with Crippen LogP contribution in [-0.2, 0) is 0 Å². The number of carbonyl (C=O) groups is 1. The van der Waals surface area contributed by atoms with Crippen LogP contribution in [0.2, 0.25) is 0 Å². The molecule has 1 unspecified atom stereocenters. The van der Waals surface area contributed by atoms with Crippen molar-refractivity contribution >= 4 is 17.3 Å². The van der Waals surface area contributed by atoms with Crippen LogP contribution in [0.1, 0.15) is 17.3 Å². The van der Waals surface area contributed by atoms with Crippen LogP contribution in [0, 0.1) is 10.1 Å². The van der Waals surface area contributed by atoms with Gasteiger partial charge in [-0.3, -0.25) is 14.9 Å². The van der Waals surface area contributed by atoms with Crippen LogP contribution >= 0.6 is 0 Å². The first-order valence-electron chi connectivity index (χ1n) is 6.06. The standard InChI is InChI=1S/C12H16N4O3/c1-8-7-14-4-5-15(8)12(17)9-2-3-10(13)11(6-9)16(18)19/h2-3,6,8,14H,4-5,7,13H2,1H3. The van der Waals surface area contributed by atoms with E-state index < -0.39 is 4.92 Å². The molecule has 0 spiro atoms. The maximum Gasteiger partial charge on any atom is 0.292 e. The van der Waals surface area contributed by atoms with Crippen molar-refractivity contribution in [1.29, 1.82) is 0 Å². The molecule has 102 valence electrons. The summed E-state index contributed by atoms with van der Waals surface area (Å²) in [5, 5.41) is 14.0. The fourth-order valence-corrected chi connectivity index (χ4v) is 2.14. The predicted molar refractivity (Wildman–Crippen MR) is 70.9 cm³/mol. The van der Waals surface area contributed by atoms with Gasteiger partial charge in [0.25, 0.3) is 11.6 Å². The number of anilines is 1. The average Bonchev–Trinajstić information content (AvgIpc) is 2.38. The number of nitro groups is 1. The Balaban J connectivity index is 2.28. The minimum absolute atomic E-state index is 0.0647. The summed E-state index contributed by atoms with van der Waals surface area (Å²) in [6.45, 7) is 3.99. The first kappa shape index (κ1) is 13.3. The molecule has 19 heavy (non-hydrogen) atoms. The summed E-state index contributed by atoms with van der Waals surface area (Å²) in [4.78, 5) is 24.3. The van der Waals surface area contributed by atoms with Crippen LogP contribution in [0.3, 0.4) is 0 Å². The molecule has 0 bridgehead atoms. The smallest absolute Gasteiger partial charge is 0.292 e. The van der Waals surface area contributed by atoms with E-state index in [-0.39, 0.29) is 23.3 Å². The van der Waals surface area contributed by atoms with Crippen molar-refractivity contribution in [3.05, 3.63) is 33.9 Å². The number of hydrogen-bond donors (Lipinski definition) is 2. The molecule has 2 rings (SSSR count). The van der Waals surface area contributed by atoms with Crippen molar-refractivity contribution in [3.63, 3.8) is 0 Å². The largest absolute Gasteiger partial charge is 0.393 e. The van der Waals surface area contributed by atoms with Gasteiger partial charge in [-0.1, -0.05) is 0 Å². The van der Waals surface area contributed by atoms with Gasteiger partial charge in [0.05, 0.1) is 4.92 Å². The lowest BCUT2D eigenvalue weighted by atomic mass is 10.1. The van der Waals surface area contributed by atoms with E-state index in [1.165, 1.54) is 18.2 Å². The number of carbonyl (C=O) groups excluding carboxylic acids is 1. The Kier molecular flexibility index (Phi) is 3.66. The van der Waals surface area contributed by atoms with Crippen molar-refractivity contribution in [2.75, 3.05) is 25.4 Å². The van der Waals surface area contributed by atoms with Crippen molar-refractivity contribution < 1.29 is 9.72 Å². The van der Waals surface area contributed by atoms with E-state index in [1.807, 2.05) is 6.92 Å². The van der Waals surface area contributed by atoms with Crippen LogP contribution < -0.4 is 11.1 Å². The number of nitrogens with one attached hydrogen (secondary N) is 1. The van der Waals surface area contributed by atoms with E-state index in [0.717, 1.165) is 13.1 Å². The first-order chi connectivity index (χ1) is 9.00. The Labute approximate surface area is 110 Å². The SMILES string of the molecule is CC1CNCCN1C(=O)c1ccc(N)c([N+](=O)[O-])c1. The summed E-state index contributed by atoms with van der Waals surface area (Å²) < 4.78 is 0. The highest BCUT2D eigenvalue weighted by Gasteiger charge is 2.25. The fourth-order valence-electron chi connectivity index (χ4n) is 2.14. The summed E-state index contributed by atoms with van der Waals surface area (Å²) in [6, 6.07) is 4.24. The minimum Gasteiger partial charge on any atom is -0.393 e. The number of rotatable bonds is 2. The van der Waals surface area contributed by atoms with Crippen LogP contribution in [-0.4, -0.2) is 41.4 Å². The van der Waals surface area contributed by atoms with Gasteiger partial charge in [0.1, 0.15) is 5.69 Å². The van der Waals surface area contributed by atoms with Gasteiger partial charge in [-0.25, -0.2) is 0 Å². The van der Waals surface area contributed by atoms with E-state index in [1.54, 1.807) is 4.90 Å². The Morgan fingerprint density at radius 1 is 1.58 bits per heavy atom. The lowest BCUT2D eigenvalue weighted by molar-refractivity contribution is -0.383. The molecule has 0 aromatic heterocycles. The van der Waals surface area contributed by atoms with Gasteiger partial charge in [-0.15, -0.1) is 0 Å². The van der Waals surface area contributed by atoms with Crippen molar-refractivity contribution in [2.45, 2.75) is 13.0 Å². The van der Waals surface area contributed by atoms with Crippen LogP contribution in [0.15, 0.2) is 18.2 Å². The Morgan fingerprint density at radius 3 is 2.95 bits per heavy atom. The van der Waals surface area contributed by atoms with E-state index in [9.17, 15) is 14.9 Å². The number of amides is 1. The number of nitro benzene ring substituents is 1. The van der Waals surface area contributed by atoms with E-state index in [2.05, 4.69) is 5.32 Å². The normalized spacial score (nSPS) is 19.2. The molecule has 0 aliphatic carbocycles. The molecule has 0 saturated carbocycles. The van der Waals surface area contributed by atoms with Gasteiger partial charge in [0.15, 0.2) is 0 Å². The number of piperazine rings is 1. The number of hydrogen-bond acceptors (Lipinski definition) is 5. The lowest BCUT2D eigenvalue weighted by Gasteiger charge is -2.34. The predicted octanol–water partition coefficient (Wildman–Crippen LogP) is 0.611. The van der Waals surface area contributed by atoms with E-state index in [0.29, 0.717) is 12.1 Å². The Morgan fingerprint density at radius 2 is 2.32 bits per heavy atom. The van der Waals surface area contributed by atoms with Crippen molar-refractivity contribution in [3.8, 4) is 0 Å². The van der Waals surface area contributed by atoms with Crippen molar-refractivity contribution in [2.24, 2.45) is 0 Å². The van der Waals surface area contributed by atoms with Crippen LogP contribution in [0.5, 0.6) is 0 Å². The monoisotopic (exact) mass is 264 g/mol. The quantitative estimate of drug-likeness (QED) is 0.463. The number of nitrogen functional groups attached to an aromatic ring is 1. The summed E-state index contributed by atoms with van der Waals surface area (Å²) in [6.07, 6.45) is 0. The van der Waals surface area contributed by atoms with Gasteiger partial charge in [0, 0.05) is 37.3 Å². The molecule has 1 fully saturated rings. The zero-order valence-electron chi connectivity index (χ0n) is 10.6. The van der Waals surface area contributed by atoms with Gasteiger partial charge < -0.3 is 16.0 Å². The molecule has 1 saturated heterocycles. The first-order valence-corrected chi connectivity index (χ1v) is 6.06. The van der Waals surface area contributed by atoms with E-state index in [4.69, 9.17) is 5.73 Å². The third-order valence-corrected chi connectivity index (χ3v) is 3.24. The fraction of sp³-hybridized carbons (Fsp3) is 0.417. The third kappa shape index (κ3) is 2.65. The molecule has 1 aliphatic heterocycles. The second-order valence-corrected chi connectivity index (χ2v) is 4.58. The van der Waals surface area contributed by atoms with Crippen LogP contribution in [0.25, 0.3) is 0 Å². The second kappa shape index (κ2) is 5.23. The third-order valence-electron chi connectivity index (χ3n) is 3.24. The van der Waals surface area contributed by atoms with Gasteiger partial charge in [-0.2, -0.15) is 0 Å². The second-order valence-electron chi connectivity index (χ2n) is 4.58. The molecule has 7 heteroatoms. The maximum atomic E-state index is 12.3. The molecule has 1 atom stereocenters. The zero-order valence-corrected chi connectivity index (χ0v) is 10.6. The molecular weight excluding hydrogens is 248 g/mol. The molecular formula is C12H16N4O3. The van der Waals surface area contributed by atoms with Gasteiger partial charge >= 0.3 is 0 Å². The molecule has 0 radical (unpaired) electrons. The van der Waals surface area contributed by atoms with Gasteiger partial charge in [-0.05, 0) is 19.1 Å². The van der Waals surface area contributed by atoms with E-state index >= 15 is 0 Å². The summed E-state index contributed by atoms with van der Waals surface area (Å²) >= 11 is 0. The molecule has 1 heterocycles. The summed E-state index contributed by atoms with van der Waals surface area (Å²) in [5.74, 6) is -0.197. The topological polar surface area (TPSA) is 102 Å².